The lowest BCUT2D eigenvalue weighted by atomic mass is 9.77. The summed E-state index contributed by atoms with van der Waals surface area (Å²) in [5, 5.41) is 11.0. The number of rotatable bonds is 9. The molecular weight excluding hydrogens is 709 g/mol. The van der Waals surface area contributed by atoms with Crippen LogP contribution in [0.3, 0.4) is 0 Å². The number of hydrogen-bond acceptors (Lipinski definition) is 8. The molecule has 3 amide bonds. The number of aliphatic hydroxyl groups is 1. The molecule has 7 rings (SSSR count). The molecule has 11 nitrogen and oxygen atoms in total. The molecule has 0 unspecified atom stereocenters. The Morgan fingerprint density at radius 2 is 1.57 bits per heavy atom. The maximum Gasteiger partial charge on any atom is 0.313 e. The number of hydrogen-bond donors (Lipinski definition) is 1. The lowest BCUT2D eigenvalue weighted by Crippen LogP contribution is -2.58. The molecule has 1 spiro atoms. The van der Waals surface area contributed by atoms with Gasteiger partial charge in [0, 0.05) is 44.5 Å². The Bertz CT molecular complexity index is 1950. The summed E-state index contributed by atoms with van der Waals surface area (Å²) in [6.07, 6.45) is 6.32. The SMILES string of the molecule is CCN(CC)c1ccc(N2CC=C[C@]34O[C@@H]5/C=C\CCC(=O)N(C)[C@H](C)[C@@H](c6ccccc6)OC(=O)[C@@H]5[C@H]3C(=O)N([C@@H](CO)Cc3ccccc3)[C@@H]4C2=O)cc1. The minimum atomic E-state index is -1.56. The molecule has 4 aliphatic rings. The number of ether oxygens (including phenoxy) is 2. The number of carbonyl (C=O) groups excluding carboxylic acids is 4. The molecule has 11 heteroatoms. The van der Waals surface area contributed by atoms with Gasteiger partial charge in [0.1, 0.15) is 23.7 Å². The van der Waals surface area contributed by atoms with Crippen LogP contribution in [0.5, 0.6) is 0 Å². The van der Waals surface area contributed by atoms with Crippen LogP contribution in [0.1, 0.15) is 50.8 Å². The first-order valence-corrected chi connectivity index (χ1v) is 19.8. The van der Waals surface area contributed by atoms with Crippen molar-refractivity contribution in [3.63, 3.8) is 0 Å². The van der Waals surface area contributed by atoms with Crippen molar-refractivity contribution in [1.29, 1.82) is 0 Å². The van der Waals surface area contributed by atoms with Gasteiger partial charge < -0.3 is 34.2 Å². The highest BCUT2D eigenvalue weighted by Gasteiger charge is 2.72. The van der Waals surface area contributed by atoms with Crippen molar-refractivity contribution in [3.05, 3.63) is 120 Å². The van der Waals surface area contributed by atoms with Crippen LogP contribution in [0.2, 0.25) is 0 Å². The lowest BCUT2D eigenvalue weighted by molar-refractivity contribution is -0.164. The van der Waals surface area contributed by atoms with E-state index in [-0.39, 0.29) is 31.2 Å². The van der Waals surface area contributed by atoms with Crippen LogP contribution >= 0.6 is 0 Å². The molecule has 2 fully saturated rings. The van der Waals surface area contributed by atoms with E-state index in [1.807, 2.05) is 104 Å². The first-order chi connectivity index (χ1) is 27.1. The number of anilines is 2. The molecule has 4 heterocycles. The highest BCUT2D eigenvalue weighted by molar-refractivity contribution is 6.05. The average molecular weight is 761 g/mol. The fraction of sp³-hybridized carbons (Fsp3) is 0.422. The summed E-state index contributed by atoms with van der Waals surface area (Å²) in [6.45, 7) is 7.50. The first-order valence-electron chi connectivity index (χ1n) is 19.8. The Kier molecular flexibility index (Phi) is 11.5. The van der Waals surface area contributed by atoms with Crippen LogP contribution in [0, 0.1) is 11.8 Å². The lowest BCUT2D eigenvalue weighted by Gasteiger charge is -2.38. The first kappa shape index (κ1) is 39.0. The Hall–Kier alpha value is -5.26. The van der Waals surface area contributed by atoms with E-state index >= 15 is 9.59 Å². The zero-order valence-corrected chi connectivity index (χ0v) is 32.6. The summed E-state index contributed by atoms with van der Waals surface area (Å²) in [7, 11) is 1.71. The molecule has 0 aromatic heterocycles. The number of likely N-dealkylation sites (tertiary alicyclic amines) is 1. The van der Waals surface area contributed by atoms with Gasteiger partial charge in [-0.1, -0.05) is 85.0 Å². The summed E-state index contributed by atoms with van der Waals surface area (Å²) in [4.78, 5) is 65.6. The molecule has 0 aliphatic carbocycles. The van der Waals surface area contributed by atoms with Crippen molar-refractivity contribution < 1.29 is 33.8 Å². The van der Waals surface area contributed by atoms with Crippen molar-refractivity contribution in [1.82, 2.24) is 9.80 Å². The van der Waals surface area contributed by atoms with Crippen molar-refractivity contribution in [2.45, 2.75) is 76.0 Å². The average Bonchev–Trinajstić information content (AvgIpc) is 3.62. The molecule has 294 valence electrons. The molecule has 0 radical (unpaired) electrons. The maximum atomic E-state index is 15.3. The summed E-state index contributed by atoms with van der Waals surface area (Å²) >= 11 is 0. The topological polar surface area (TPSA) is 120 Å². The Balaban J connectivity index is 1.33. The van der Waals surface area contributed by atoms with Crippen LogP contribution in [-0.2, 0) is 35.1 Å². The van der Waals surface area contributed by atoms with E-state index in [1.54, 1.807) is 29.0 Å². The van der Waals surface area contributed by atoms with Crippen LogP contribution in [0.25, 0.3) is 0 Å². The van der Waals surface area contributed by atoms with Gasteiger partial charge in [0.2, 0.25) is 11.8 Å². The zero-order chi connectivity index (χ0) is 39.6. The van der Waals surface area contributed by atoms with E-state index in [9.17, 15) is 14.7 Å². The van der Waals surface area contributed by atoms with Crippen LogP contribution in [-0.4, -0.2) is 102 Å². The number of carbonyl (C=O) groups is 4. The zero-order valence-electron chi connectivity index (χ0n) is 32.6. The molecule has 56 heavy (non-hydrogen) atoms. The quantitative estimate of drug-likeness (QED) is 0.237. The van der Waals surface area contributed by atoms with Gasteiger partial charge >= 0.3 is 5.97 Å². The number of nitrogens with zero attached hydrogens (tertiary/aromatic N) is 4. The fourth-order valence-corrected chi connectivity index (χ4v) is 9.02. The summed E-state index contributed by atoms with van der Waals surface area (Å²) in [6, 6.07) is 24.1. The molecule has 0 bridgehead atoms. The van der Waals surface area contributed by atoms with Gasteiger partial charge in [0.25, 0.3) is 5.91 Å². The van der Waals surface area contributed by atoms with Gasteiger partial charge in [-0.15, -0.1) is 0 Å². The van der Waals surface area contributed by atoms with E-state index in [0.717, 1.165) is 24.3 Å². The summed E-state index contributed by atoms with van der Waals surface area (Å²) < 4.78 is 13.4. The number of amides is 3. The third-order valence-electron chi connectivity index (χ3n) is 12.1. The molecule has 3 aromatic carbocycles. The van der Waals surface area contributed by atoms with E-state index in [0.29, 0.717) is 17.7 Å². The summed E-state index contributed by atoms with van der Waals surface area (Å²) in [5.74, 6) is -3.85. The predicted molar refractivity (Wildman–Crippen MR) is 214 cm³/mol. The van der Waals surface area contributed by atoms with Crippen molar-refractivity contribution >= 4 is 35.1 Å². The minimum absolute atomic E-state index is 0.0964. The number of benzene rings is 3. The van der Waals surface area contributed by atoms with E-state index in [1.165, 1.54) is 4.90 Å². The van der Waals surface area contributed by atoms with Gasteiger partial charge in [-0.2, -0.15) is 0 Å². The molecule has 2 saturated heterocycles. The fourth-order valence-electron chi connectivity index (χ4n) is 9.02. The second-order valence-electron chi connectivity index (χ2n) is 15.1. The highest BCUT2D eigenvalue weighted by Crippen LogP contribution is 2.54. The summed E-state index contributed by atoms with van der Waals surface area (Å²) in [5.41, 5.74) is 1.72. The standard InChI is InChI=1S/C45H52N4O7/c1-5-47(6-2)33-22-24-34(25-23-33)48-27-15-26-45-39(42(52)49(41(45)43(48)53)35(29-50)28-31-16-9-7-10-17-31)38-36(56-45)20-13-14-21-37(51)46(4)30(3)40(55-44(38)54)32-18-11-8-12-19-32/h7-13,15-20,22-26,30,35-36,38-41,50H,5-6,14,21,27-29H2,1-4H3/b20-13-/t30-,35-,36-,38+,39+,40+,41-,45+/m1/s1. The minimum Gasteiger partial charge on any atom is -0.455 e. The molecule has 3 aromatic rings. The Labute approximate surface area is 329 Å². The highest BCUT2D eigenvalue weighted by atomic mass is 16.6. The van der Waals surface area contributed by atoms with Gasteiger partial charge in [-0.05, 0) is 69.0 Å². The van der Waals surface area contributed by atoms with Crippen LogP contribution in [0.4, 0.5) is 11.4 Å². The van der Waals surface area contributed by atoms with E-state index in [4.69, 9.17) is 9.47 Å². The van der Waals surface area contributed by atoms with Crippen molar-refractivity contribution in [2.24, 2.45) is 11.8 Å². The predicted octanol–water partition coefficient (Wildman–Crippen LogP) is 5.10. The smallest absolute Gasteiger partial charge is 0.313 e. The number of fused-ring (bicyclic) bond motifs is 2. The van der Waals surface area contributed by atoms with Crippen LogP contribution < -0.4 is 9.80 Å². The van der Waals surface area contributed by atoms with Gasteiger partial charge in [0.15, 0.2) is 0 Å². The van der Waals surface area contributed by atoms with Gasteiger partial charge in [-0.25, -0.2) is 0 Å². The molecular formula is C45H52N4O7. The van der Waals surface area contributed by atoms with Crippen molar-refractivity contribution in [2.75, 3.05) is 43.1 Å². The van der Waals surface area contributed by atoms with E-state index < -0.39 is 66.3 Å². The number of cyclic esters (lactones) is 1. The van der Waals surface area contributed by atoms with Crippen molar-refractivity contribution in [3.8, 4) is 0 Å². The van der Waals surface area contributed by atoms with Gasteiger partial charge in [-0.3, -0.25) is 19.2 Å². The Morgan fingerprint density at radius 3 is 2.23 bits per heavy atom. The number of aliphatic hydroxyl groups excluding tert-OH is 1. The Morgan fingerprint density at radius 1 is 0.893 bits per heavy atom. The molecule has 8 atom stereocenters. The second kappa shape index (κ2) is 16.5. The number of esters is 1. The largest absolute Gasteiger partial charge is 0.455 e. The number of likely N-dealkylation sites (N-methyl/N-ethyl adjacent to an activating group) is 1. The van der Waals surface area contributed by atoms with Crippen LogP contribution in [0.15, 0.2) is 109 Å². The molecule has 0 saturated carbocycles. The van der Waals surface area contributed by atoms with Gasteiger partial charge in [0.05, 0.1) is 30.7 Å². The monoisotopic (exact) mass is 760 g/mol. The number of allylic oxidation sites excluding steroid dienone is 1. The molecule has 4 aliphatic heterocycles. The normalized spacial score (nSPS) is 29.1. The van der Waals surface area contributed by atoms with E-state index in [2.05, 4.69) is 18.7 Å². The molecule has 1 N–H and O–H groups in total. The second-order valence-corrected chi connectivity index (χ2v) is 15.1. The third-order valence-corrected chi connectivity index (χ3v) is 12.1. The maximum absolute atomic E-state index is 15.3. The third kappa shape index (κ3) is 7.03.